The van der Waals surface area contributed by atoms with Gasteiger partial charge in [0.05, 0.1) is 0 Å². The minimum absolute atomic E-state index is 0. The number of hydrogen-bond donors (Lipinski definition) is 0. The molecule has 0 bridgehead atoms. The third-order valence-corrected chi connectivity index (χ3v) is 13.9. The molecule has 0 nitrogen and oxygen atoms in total. The van der Waals surface area contributed by atoms with Gasteiger partial charge in [-0.3, -0.25) is 0 Å². The Bertz CT molecular complexity index is 910. The van der Waals surface area contributed by atoms with Gasteiger partial charge in [-0.15, -0.1) is 0 Å². The Morgan fingerprint density at radius 2 is 1.09 bits per heavy atom. The van der Waals surface area contributed by atoms with Crippen molar-refractivity contribution in [1.82, 2.24) is 0 Å². The van der Waals surface area contributed by atoms with Gasteiger partial charge in [0.15, 0.2) is 0 Å². The standard InChI is InChI=1S/C27H27Si.3ClH.Ti/c1-2-3-14-23-15-13-22-27(23)28(24-16-7-4-8-17-24,25-18-9-5-10-19-25)26-20-11-6-12-21-26;;;;/h4-13,15-22H,2-3,14H2,1H3;3*1H;/q;;;;+3/p-3. The van der Waals surface area contributed by atoms with Crippen LogP contribution in [0.3, 0.4) is 0 Å². The summed E-state index contributed by atoms with van der Waals surface area (Å²) in [5, 5.41) is 4.44. The zero-order valence-corrected chi connectivity index (χ0v) is 23.0. The van der Waals surface area contributed by atoms with Crippen molar-refractivity contribution in [2.45, 2.75) is 29.5 Å². The second-order valence-electron chi connectivity index (χ2n) is 7.81. The summed E-state index contributed by atoms with van der Waals surface area (Å²) in [5.74, 6) is 0. The van der Waals surface area contributed by atoms with Crippen LogP contribution in [0.5, 0.6) is 0 Å². The normalized spacial score (nSPS) is 16.9. The molecule has 3 aromatic carbocycles. The molecule has 0 saturated carbocycles. The van der Waals surface area contributed by atoms with Crippen LogP contribution < -0.4 is 52.8 Å². The van der Waals surface area contributed by atoms with E-state index in [-0.39, 0.29) is 40.6 Å². The first-order valence-corrected chi connectivity index (χ1v) is 13.3. The topological polar surface area (TPSA) is 0 Å². The number of halogens is 3. The molecule has 32 heavy (non-hydrogen) atoms. The molecule has 164 valence electrons. The molecule has 0 heterocycles. The van der Waals surface area contributed by atoms with Crippen molar-refractivity contribution in [2.75, 3.05) is 0 Å². The summed E-state index contributed by atoms with van der Waals surface area (Å²) in [7, 11) is -2.38. The van der Waals surface area contributed by atoms with Crippen LogP contribution in [0.25, 0.3) is 0 Å². The van der Waals surface area contributed by atoms with Gasteiger partial charge in [0, 0.05) is 0 Å². The Morgan fingerprint density at radius 1 is 0.688 bits per heavy atom. The van der Waals surface area contributed by atoms with Gasteiger partial charge in [-0.2, -0.15) is 0 Å². The first kappa shape index (κ1) is 29.0. The predicted molar refractivity (Wildman–Crippen MR) is 123 cm³/mol. The molecule has 1 aliphatic carbocycles. The number of hydrogen-bond acceptors (Lipinski definition) is 0. The van der Waals surface area contributed by atoms with E-state index >= 15 is 0 Å². The van der Waals surface area contributed by atoms with Gasteiger partial charge in [-0.25, -0.2) is 0 Å². The average molecular weight is 534 g/mol. The smallest absolute Gasteiger partial charge is 1.00 e. The zero-order chi connectivity index (χ0) is 20.2. The molecule has 4 rings (SSSR count). The Kier molecular flexibility index (Phi) is 11.8. The van der Waals surface area contributed by atoms with E-state index in [9.17, 15) is 0 Å². The summed E-state index contributed by atoms with van der Waals surface area (Å²) in [5.41, 5.74) is 1.59. The van der Waals surface area contributed by atoms with Gasteiger partial charge in [0.1, 0.15) is 0 Å². The monoisotopic (exact) mass is 532 g/mol. The van der Waals surface area contributed by atoms with Crippen LogP contribution >= 0.6 is 0 Å². The molecule has 0 N–H and O–H groups in total. The van der Waals surface area contributed by atoms with Gasteiger partial charge in [0.2, 0.25) is 0 Å². The third-order valence-electron chi connectivity index (χ3n) is 6.16. The molecule has 1 aliphatic rings. The molecule has 0 amide bonds. The van der Waals surface area contributed by atoms with E-state index in [1.807, 2.05) is 0 Å². The van der Waals surface area contributed by atoms with Crippen LogP contribution in [-0.2, 0) is 20.4 Å². The van der Waals surface area contributed by atoms with E-state index in [1.54, 1.807) is 5.57 Å². The summed E-state index contributed by atoms with van der Waals surface area (Å²) in [6.07, 6.45) is 10.8. The summed E-state index contributed by atoms with van der Waals surface area (Å²) in [6.45, 7) is 2.29. The van der Waals surface area contributed by atoms with E-state index in [2.05, 4.69) is 137 Å². The van der Waals surface area contributed by atoms with Crippen LogP contribution in [0.15, 0.2) is 115 Å². The van der Waals surface area contributed by atoms with E-state index in [0.717, 1.165) is 0 Å². The van der Waals surface area contributed by atoms with E-state index < -0.39 is 8.07 Å². The fourth-order valence-corrected chi connectivity index (χ4v) is 12.8. The molecule has 1 unspecified atom stereocenters. The van der Waals surface area contributed by atoms with Gasteiger partial charge in [-0.05, 0) is 0 Å². The Hall–Kier alpha value is -1.06. The molecule has 3 aromatic rings. The van der Waals surface area contributed by atoms with Crippen molar-refractivity contribution < 1.29 is 57.7 Å². The average Bonchev–Trinajstić information content (AvgIpc) is 3.16. The second kappa shape index (κ2) is 13.0. The second-order valence-corrected chi connectivity index (χ2v) is 13.8. The van der Waals surface area contributed by atoms with Crippen LogP contribution in [0, 0.1) is 0 Å². The van der Waals surface area contributed by atoms with Crippen LogP contribution in [0.1, 0.15) is 26.2 Å². The number of allylic oxidation sites excluding steroid dienone is 4. The molecule has 0 spiro atoms. The SMILES string of the molecule is CCCCC1=CC=C[C]1([Ti+3])[Si](c1ccccc1)(c1ccccc1)c1ccccc1.[Cl-].[Cl-].[Cl-]. The summed E-state index contributed by atoms with van der Waals surface area (Å²) in [4.78, 5) is 0. The maximum atomic E-state index is 2.50. The molecule has 0 radical (unpaired) electrons. The van der Waals surface area contributed by atoms with Crippen molar-refractivity contribution in [3.05, 3.63) is 115 Å². The van der Waals surface area contributed by atoms with Crippen LogP contribution in [0.4, 0.5) is 0 Å². The maximum Gasteiger partial charge on any atom is -1.00 e. The Balaban J connectivity index is 0.00000171. The first-order chi connectivity index (χ1) is 14.2. The summed E-state index contributed by atoms with van der Waals surface area (Å²) >= 11 is 2.50. The molecule has 0 aliphatic heterocycles. The molecule has 1 atom stereocenters. The Labute approximate surface area is 224 Å². The molecule has 0 saturated heterocycles. The molecule has 5 heteroatoms. The number of rotatable bonds is 7. The zero-order valence-electron chi connectivity index (χ0n) is 18.1. The van der Waals surface area contributed by atoms with Crippen molar-refractivity contribution in [3.63, 3.8) is 0 Å². The van der Waals surface area contributed by atoms with Gasteiger partial charge in [0.25, 0.3) is 0 Å². The van der Waals surface area contributed by atoms with Gasteiger partial charge >= 0.3 is 188 Å². The van der Waals surface area contributed by atoms with Crippen molar-refractivity contribution in [1.29, 1.82) is 0 Å². The van der Waals surface area contributed by atoms with Crippen LogP contribution in [0.2, 0.25) is 3.34 Å². The Morgan fingerprint density at radius 3 is 1.47 bits per heavy atom. The van der Waals surface area contributed by atoms with E-state index in [1.165, 1.54) is 34.8 Å². The molecular formula is C27H27Cl3SiTi. The first-order valence-electron chi connectivity index (χ1n) is 10.5. The van der Waals surface area contributed by atoms with Crippen molar-refractivity contribution in [2.24, 2.45) is 0 Å². The molecular weight excluding hydrogens is 507 g/mol. The minimum atomic E-state index is -2.38. The summed E-state index contributed by atoms with van der Waals surface area (Å²) < 4.78 is 0.00618. The largest absolute Gasteiger partial charge is 1.00 e. The molecule has 0 fully saturated rings. The maximum absolute atomic E-state index is 2.50. The predicted octanol–water partition coefficient (Wildman–Crippen LogP) is -3.90. The van der Waals surface area contributed by atoms with Gasteiger partial charge < -0.3 is 37.2 Å². The fraction of sp³-hybridized carbons (Fsp3) is 0.185. The van der Waals surface area contributed by atoms with Crippen molar-refractivity contribution >= 4 is 23.6 Å². The van der Waals surface area contributed by atoms with Crippen LogP contribution in [-0.4, -0.2) is 8.07 Å². The number of unbranched alkanes of at least 4 members (excludes halogenated alkanes) is 1. The quantitative estimate of drug-likeness (QED) is 0.215. The van der Waals surface area contributed by atoms with E-state index in [0.29, 0.717) is 0 Å². The minimum Gasteiger partial charge on any atom is -1.00 e. The van der Waals surface area contributed by atoms with E-state index in [4.69, 9.17) is 0 Å². The fourth-order valence-electron chi connectivity index (χ4n) is 4.81. The molecule has 0 aromatic heterocycles. The number of benzene rings is 3. The van der Waals surface area contributed by atoms with Gasteiger partial charge in [-0.1, -0.05) is 0 Å². The third kappa shape index (κ3) is 5.04. The van der Waals surface area contributed by atoms with Crippen molar-refractivity contribution in [3.8, 4) is 0 Å². The summed E-state index contributed by atoms with van der Waals surface area (Å²) in [6, 6.07) is 33.8.